The molecule has 0 atom stereocenters. The lowest BCUT2D eigenvalue weighted by molar-refractivity contribution is -0.137. The first-order valence-corrected chi connectivity index (χ1v) is 9.09. The highest BCUT2D eigenvalue weighted by atomic mass is 32.2. The van der Waals surface area contributed by atoms with Crippen LogP contribution >= 0.6 is 11.8 Å². The molecule has 0 saturated carbocycles. The normalized spacial score (nSPS) is 12.5. The molecule has 1 aromatic rings. The van der Waals surface area contributed by atoms with Gasteiger partial charge in [-0.15, -0.1) is 11.8 Å². The summed E-state index contributed by atoms with van der Waals surface area (Å²) in [7, 11) is 3.80. The SMILES string of the molecule is CN(C)CCN(Cc1cccc(C(F)(F)F)c1)C(=O)CSC(C)(C)C. The number of likely N-dealkylation sites (N-methyl/N-ethyl adjacent to an activating group) is 1. The summed E-state index contributed by atoms with van der Waals surface area (Å²) in [6, 6.07) is 5.18. The first-order chi connectivity index (χ1) is 11.4. The Labute approximate surface area is 152 Å². The molecule has 0 aliphatic rings. The number of amides is 1. The minimum Gasteiger partial charge on any atom is -0.336 e. The minimum absolute atomic E-state index is 0.0426. The standard InChI is InChI=1S/C18H27F3N2OS/c1-17(2,3)25-13-16(24)23(10-9-22(4)5)12-14-7-6-8-15(11-14)18(19,20)21/h6-8,11H,9-10,12-13H2,1-5H3. The molecule has 0 N–H and O–H groups in total. The van der Waals surface area contributed by atoms with E-state index in [9.17, 15) is 18.0 Å². The molecule has 0 radical (unpaired) electrons. The summed E-state index contributed by atoms with van der Waals surface area (Å²) in [4.78, 5) is 16.1. The number of carbonyl (C=O) groups excluding carboxylic acids is 1. The number of hydrogen-bond acceptors (Lipinski definition) is 3. The monoisotopic (exact) mass is 376 g/mol. The van der Waals surface area contributed by atoms with Crippen LogP contribution < -0.4 is 0 Å². The highest BCUT2D eigenvalue weighted by molar-refractivity contribution is 8.01. The van der Waals surface area contributed by atoms with Crippen LogP contribution in [-0.2, 0) is 17.5 Å². The fourth-order valence-corrected chi connectivity index (χ4v) is 2.79. The second-order valence-corrected chi connectivity index (χ2v) is 9.02. The fourth-order valence-electron chi connectivity index (χ4n) is 2.05. The molecule has 0 unspecified atom stereocenters. The highest BCUT2D eigenvalue weighted by Gasteiger charge is 2.30. The number of hydrogen-bond donors (Lipinski definition) is 0. The zero-order valence-electron chi connectivity index (χ0n) is 15.5. The number of rotatable bonds is 7. The summed E-state index contributed by atoms with van der Waals surface area (Å²) in [5.74, 6) is 0.259. The highest BCUT2D eigenvalue weighted by Crippen LogP contribution is 2.30. The topological polar surface area (TPSA) is 23.6 Å². The molecule has 0 fully saturated rings. The smallest absolute Gasteiger partial charge is 0.336 e. The number of alkyl halides is 3. The van der Waals surface area contributed by atoms with Gasteiger partial charge in [-0.25, -0.2) is 0 Å². The van der Waals surface area contributed by atoms with Gasteiger partial charge in [-0.3, -0.25) is 4.79 Å². The molecule has 0 aliphatic carbocycles. The fraction of sp³-hybridized carbons (Fsp3) is 0.611. The van der Waals surface area contributed by atoms with Crippen molar-refractivity contribution >= 4 is 17.7 Å². The zero-order chi connectivity index (χ0) is 19.3. The van der Waals surface area contributed by atoms with Crippen molar-refractivity contribution < 1.29 is 18.0 Å². The number of carbonyl (C=O) groups is 1. The molecule has 0 aromatic heterocycles. The van der Waals surface area contributed by atoms with E-state index >= 15 is 0 Å². The molecule has 0 saturated heterocycles. The maximum absolute atomic E-state index is 12.9. The lowest BCUT2D eigenvalue weighted by Gasteiger charge is -2.26. The van der Waals surface area contributed by atoms with Crippen LogP contribution in [0, 0.1) is 0 Å². The molecule has 0 heterocycles. The predicted octanol–water partition coefficient (Wildman–Crippen LogP) is 4.13. The van der Waals surface area contributed by atoms with Gasteiger partial charge in [0.2, 0.25) is 5.91 Å². The third kappa shape index (κ3) is 8.63. The van der Waals surface area contributed by atoms with E-state index in [1.807, 2.05) is 39.8 Å². The van der Waals surface area contributed by atoms with Crippen molar-refractivity contribution in [3.8, 4) is 0 Å². The van der Waals surface area contributed by atoms with Crippen LogP contribution in [0.5, 0.6) is 0 Å². The van der Waals surface area contributed by atoms with Crippen LogP contribution in [-0.4, -0.2) is 53.4 Å². The molecule has 0 bridgehead atoms. The summed E-state index contributed by atoms with van der Waals surface area (Å²) in [6.45, 7) is 7.41. The largest absolute Gasteiger partial charge is 0.416 e. The van der Waals surface area contributed by atoms with Crippen molar-refractivity contribution in [1.82, 2.24) is 9.80 Å². The van der Waals surface area contributed by atoms with Crippen molar-refractivity contribution in [2.24, 2.45) is 0 Å². The van der Waals surface area contributed by atoms with Gasteiger partial charge in [0, 0.05) is 24.4 Å². The number of thioether (sulfide) groups is 1. The molecule has 0 aliphatic heterocycles. The molecule has 1 aromatic carbocycles. The van der Waals surface area contributed by atoms with Crippen LogP contribution in [0.15, 0.2) is 24.3 Å². The van der Waals surface area contributed by atoms with E-state index in [1.165, 1.54) is 17.8 Å². The van der Waals surface area contributed by atoms with E-state index in [2.05, 4.69) is 0 Å². The number of nitrogens with zero attached hydrogens (tertiary/aromatic N) is 2. The quantitative estimate of drug-likeness (QED) is 0.715. The lowest BCUT2D eigenvalue weighted by Crippen LogP contribution is -2.37. The molecule has 1 amide bonds. The van der Waals surface area contributed by atoms with Crippen molar-refractivity contribution in [2.75, 3.05) is 32.9 Å². The van der Waals surface area contributed by atoms with Gasteiger partial charge in [0.25, 0.3) is 0 Å². The first-order valence-electron chi connectivity index (χ1n) is 8.11. The van der Waals surface area contributed by atoms with E-state index in [0.717, 1.165) is 12.1 Å². The molecule has 25 heavy (non-hydrogen) atoms. The van der Waals surface area contributed by atoms with Gasteiger partial charge in [0.1, 0.15) is 0 Å². The molecule has 3 nitrogen and oxygen atoms in total. The summed E-state index contributed by atoms with van der Waals surface area (Å²) in [6.07, 6.45) is -4.38. The van der Waals surface area contributed by atoms with Crippen molar-refractivity contribution in [1.29, 1.82) is 0 Å². The van der Waals surface area contributed by atoms with E-state index in [1.54, 1.807) is 11.0 Å². The maximum Gasteiger partial charge on any atom is 0.416 e. The summed E-state index contributed by atoms with van der Waals surface area (Å²) in [5.41, 5.74) is -0.197. The zero-order valence-corrected chi connectivity index (χ0v) is 16.3. The Bertz CT molecular complexity index is 568. The summed E-state index contributed by atoms with van der Waals surface area (Å²) < 4.78 is 38.6. The van der Waals surface area contributed by atoms with Gasteiger partial charge in [0.15, 0.2) is 0 Å². The van der Waals surface area contributed by atoms with Gasteiger partial charge < -0.3 is 9.80 Å². The first kappa shape index (κ1) is 21.8. The van der Waals surface area contributed by atoms with Crippen LogP contribution in [0.2, 0.25) is 0 Å². The summed E-state index contributed by atoms with van der Waals surface area (Å²) in [5, 5.41) is 0. The predicted molar refractivity (Wildman–Crippen MR) is 97.6 cm³/mol. The Morgan fingerprint density at radius 3 is 2.28 bits per heavy atom. The Morgan fingerprint density at radius 1 is 1.12 bits per heavy atom. The Morgan fingerprint density at radius 2 is 1.76 bits per heavy atom. The van der Waals surface area contributed by atoms with E-state index in [0.29, 0.717) is 24.4 Å². The van der Waals surface area contributed by atoms with Crippen LogP contribution in [0.3, 0.4) is 0 Å². The molecule has 0 spiro atoms. The third-order valence-electron chi connectivity index (χ3n) is 3.43. The van der Waals surface area contributed by atoms with Crippen molar-refractivity contribution in [3.63, 3.8) is 0 Å². The lowest BCUT2D eigenvalue weighted by atomic mass is 10.1. The van der Waals surface area contributed by atoms with Crippen LogP contribution in [0.4, 0.5) is 13.2 Å². The third-order valence-corrected chi connectivity index (χ3v) is 4.68. The molecule has 142 valence electrons. The van der Waals surface area contributed by atoms with Crippen molar-refractivity contribution in [2.45, 2.75) is 38.2 Å². The van der Waals surface area contributed by atoms with Gasteiger partial charge in [0.05, 0.1) is 11.3 Å². The second-order valence-electron chi connectivity index (χ2n) is 7.22. The molecular formula is C18H27F3N2OS. The Hall–Kier alpha value is -1.21. The van der Waals surface area contributed by atoms with Crippen LogP contribution in [0.1, 0.15) is 31.9 Å². The van der Waals surface area contributed by atoms with Gasteiger partial charge in [-0.2, -0.15) is 13.2 Å². The maximum atomic E-state index is 12.9. The Kier molecular flexibility index (Phi) is 7.81. The van der Waals surface area contributed by atoms with Gasteiger partial charge in [-0.1, -0.05) is 32.9 Å². The minimum atomic E-state index is -4.38. The van der Waals surface area contributed by atoms with Crippen molar-refractivity contribution in [3.05, 3.63) is 35.4 Å². The van der Waals surface area contributed by atoms with Gasteiger partial charge >= 0.3 is 6.18 Å². The van der Waals surface area contributed by atoms with Gasteiger partial charge in [-0.05, 0) is 31.8 Å². The molecule has 7 heteroatoms. The molecule has 1 rings (SSSR count). The average molecular weight is 376 g/mol. The van der Waals surface area contributed by atoms with Crippen LogP contribution in [0.25, 0.3) is 0 Å². The summed E-state index contributed by atoms with van der Waals surface area (Å²) >= 11 is 1.54. The number of halogens is 3. The Balaban J connectivity index is 2.87. The molecular weight excluding hydrogens is 349 g/mol. The van der Waals surface area contributed by atoms with E-state index < -0.39 is 11.7 Å². The second kappa shape index (κ2) is 8.94. The number of benzene rings is 1. The van der Waals surface area contributed by atoms with E-state index in [4.69, 9.17) is 0 Å². The van der Waals surface area contributed by atoms with E-state index in [-0.39, 0.29) is 17.2 Å². The average Bonchev–Trinajstić information content (AvgIpc) is 2.47.